The summed E-state index contributed by atoms with van der Waals surface area (Å²) < 4.78 is 13.4. The average Bonchev–Trinajstić information content (AvgIpc) is 1.86. The van der Waals surface area contributed by atoms with Crippen LogP contribution in [0.1, 0.15) is 0 Å². The summed E-state index contributed by atoms with van der Waals surface area (Å²) in [6.07, 6.45) is 1.71. The van der Waals surface area contributed by atoms with Crippen LogP contribution in [0.25, 0.3) is 0 Å². The Morgan fingerprint density at radius 1 is 1.27 bits per heavy atom. The molecule has 0 N–H and O–H groups in total. The van der Waals surface area contributed by atoms with Gasteiger partial charge in [0, 0.05) is 42.1 Å². The van der Waals surface area contributed by atoms with Gasteiger partial charge in [0.15, 0.2) is 0 Å². The number of likely N-dealkylation sites (N-methyl/N-ethyl adjacent to an activating group) is 1. The Kier molecular flexibility index (Phi) is 2.57. The van der Waals surface area contributed by atoms with Gasteiger partial charge in [0.25, 0.3) is 0 Å². The van der Waals surface area contributed by atoms with E-state index in [-0.39, 0.29) is 0 Å². The average molecular weight is 176 g/mol. The van der Waals surface area contributed by atoms with Crippen molar-refractivity contribution >= 4 is 15.6 Å². The number of rotatable bonds is 1. The molecule has 0 aliphatic carbocycles. The van der Waals surface area contributed by atoms with Gasteiger partial charge < -0.3 is 4.90 Å². The van der Waals surface area contributed by atoms with Gasteiger partial charge >= 0.3 is 0 Å². The summed E-state index contributed by atoms with van der Waals surface area (Å²) in [4.78, 5) is 2.24. The van der Waals surface area contributed by atoms with Crippen LogP contribution in [-0.2, 0) is 9.71 Å². The maximum atomic E-state index is 11.4. The van der Waals surface area contributed by atoms with Crippen LogP contribution in [0.3, 0.4) is 0 Å². The lowest BCUT2D eigenvalue weighted by molar-refractivity contribution is 0.228. The van der Waals surface area contributed by atoms with Gasteiger partial charge in [0.05, 0.1) is 0 Å². The number of hydrogen-bond donors (Lipinski definition) is 0. The fourth-order valence-electron chi connectivity index (χ4n) is 1.17. The summed E-state index contributed by atoms with van der Waals surface area (Å²) >= 11 is 0. The molecule has 1 aliphatic rings. The zero-order valence-electron chi connectivity index (χ0n) is 7.25. The highest BCUT2D eigenvalue weighted by Gasteiger charge is 2.17. The minimum Gasteiger partial charge on any atom is -0.304 e. The summed E-state index contributed by atoms with van der Waals surface area (Å²) in [5.41, 5.74) is 0. The molecule has 1 fully saturated rings. The van der Waals surface area contributed by atoms with Crippen LogP contribution in [0.2, 0.25) is 0 Å². The third-order valence-electron chi connectivity index (χ3n) is 2.01. The first kappa shape index (κ1) is 9.03. The topological polar surface area (TPSA) is 23.6 Å². The standard InChI is InChI=1S/C7H16N2OS/c1-8-4-6-9(7-5-8)11(2,3)10/h2,4-7H2,1,3H3. The first-order valence-electron chi connectivity index (χ1n) is 3.76. The molecule has 0 aromatic rings. The quantitative estimate of drug-likeness (QED) is 0.503. The summed E-state index contributed by atoms with van der Waals surface area (Å²) in [6, 6.07) is 0. The molecule has 0 radical (unpaired) electrons. The second kappa shape index (κ2) is 3.13. The normalized spacial score (nSPS) is 28.2. The predicted octanol–water partition coefficient (Wildman–Crippen LogP) is -0.505. The molecule has 11 heavy (non-hydrogen) atoms. The van der Waals surface area contributed by atoms with Crippen molar-refractivity contribution in [3.8, 4) is 0 Å². The van der Waals surface area contributed by atoms with E-state index in [9.17, 15) is 4.21 Å². The Morgan fingerprint density at radius 2 is 1.73 bits per heavy atom. The molecule has 3 nitrogen and oxygen atoms in total. The monoisotopic (exact) mass is 176 g/mol. The maximum absolute atomic E-state index is 11.4. The van der Waals surface area contributed by atoms with E-state index in [1.165, 1.54) is 0 Å². The molecule has 1 atom stereocenters. The van der Waals surface area contributed by atoms with Crippen LogP contribution in [0.4, 0.5) is 0 Å². The summed E-state index contributed by atoms with van der Waals surface area (Å²) in [5, 5.41) is 0. The highest BCUT2D eigenvalue weighted by atomic mass is 32.2. The molecule has 0 amide bonds. The lowest BCUT2D eigenvalue weighted by Gasteiger charge is -2.32. The first-order valence-corrected chi connectivity index (χ1v) is 5.85. The van der Waals surface area contributed by atoms with Crippen molar-refractivity contribution in [2.75, 3.05) is 39.5 Å². The molecule has 0 spiro atoms. The van der Waals surface area contributed by atoms with Crippen LogP contribution >= 0.6 is 0 Å². The van der Waals surface area contributed by atoms with E-state index in [2.05, 4.69) is 17.8 Å². The number of nitrogens with zero attached hydrogens (tertiary/aromatic N) is 2. The summed E-state index contributed by atoms with van der Waals surface area (Å²) in [5.74, 6) is 3.65. The number of piperazine rings is 1. The van der Waals surface area contributed by atoms with Gasteiger partial charge in [-0.2, -0.15) is 0 Å². The zero-order chi connectivity index (χ0) is 8.48. The lowest BCUT2D eigenvalue weighted by Crippen LogP contribution is -2.46. The van der Waals surface area contributed by atoms with Crippen molar-refractivity contribution < 1.29 is 4.21 Å². The molecular formula is C7H16N2OS. The molecule has 1 rings (SSSR count). The highest BCUT2D eigenvalue weighted by molar-refractivity contribution is 7.97. The van der Waals surface area contributed by atoms with Crippen LogP contribution in [0.15, 0.2) is 0 Å². The van der Waals surface area contributed by atoms with Crippen molar-refractivity contribution in [2.45, 2.75) is 0 Å². The van der Waals surface area contributed by atoms with E-state index < -0.39 is 9.71 Å². The third-order valence-corrected chi connectivity index (χ3v) is 3.47. The van der Waals surface area contributed by atoms with E-state index in [1.807, 2.05) is 4.31 Å². The van der Waals surface area contributed by atoms with Gasteiger partial charge in [-0.1, -0.05) is 0 Å². The van der Waals surface area contributed by atoms with Crippen LogP contribution < -0.4 is 0 Å². The van der Waals surface area contributed by atoms with Crippen molar-refractivity contribution in [3.05, 3.63) is 0 Å². The molecule has 4 heteroatoms. The molecular weight excluding hydrogens is 160 g/mol. The Morgan fingerprint density at radius 3 is 2.09 bits per heavy atom. The second-order valence-electron chi connectivity index (χ2n) is 3.19. The van der Waals surface area contributed by atoms with Crippen LogP contribution in [0.5, 0.6) is 0 Å². The zero-order valence-corrected chi connectivity index (χ0v) is 8.06. The first-order chi connectivity index (χ1) is 5.00. The molecule has 0 saturated carbocycles. The Hall–Kier alpha value is -0.0600. The predicted molar refractivity (Wildman–Crippen MR) is 50.3 cm³/mol. The Labute approximate surface area is 69.1 Å². The summed E-state index contributed by atoms with van der Waals surface area (Å²) in [6.45, 7) is 3.77. The van der Waals surface area contributed by atoms with E-state index in [0.717, 1.165) is 26.2 Å². The Balaban J connectivity index is 2.53. The molecule has 0 aromatic carbocycles. The van der Waals surface area contributed by atoms with Crippen molar-refractivity contribution in [1.29, 1.82) is 0 Å². The van der Waals surface area contributed by atoms with Gasteiger partial charge in [-0.25, -0.2) is 4.31 Å². The van der Waals surface area contributed by atoms with Gasteiger partial charge in [-0.15, -0.1) is 0 Å². The largest absolute Gasteiger partial charge is 0.304 e. The van der Waals surface area contributed by atoms with Gasteiger partial charge in [-0.3, -0.25) is 4.21 Å². The smallest absolute Gasteiger partial charge is 0.0246 e. The molecule has 0 aromatic heterocycles. The third kappa shape index (κ3) is 2.47. The molecule has 1 unspecified atom stereocenters. The lowest BCUT2D eigenvalue weighted by atomic mass is 10.4. The minimum atomic E-state index is -1.94. The Bertz CT molecular complexity index is 215. The van der Waals surface area contributed by atoms with Crippen LogP contribution in [0, 0.1) is 0 Å². The molecule has 1 saturated heterocycles. The highest BCUT2D eigenvalue weighted by Crippen LogP contribution is 2.03. The van der Waals surface area contributed by atoms with Crippen molar-refractivity contribution in [1.82, 2.24) is 9.21 Å². The minimum absolute atomic E-state index is 0.884. The van der Waals surface area contributed by atoms with E-state index in [1.54, 1.807) is 6.26 Å². The fraction of sp³-hybridized carbons (Fsp3) is 0.857. The van der Waals surface area contributed by atoms with E-state index in [4.69, 9.17) is 0 Å². The molecule has 1 heterocycles. The molecule has 66 valence electrons. The van der Waals surface area contributed by atoms with Gasteiger partial charge in [0.2, 0.25) is 0 Å². The second-order valence-corrected chi connectivity index (χ2v) is 5.63. The molecule has 1 aliphatic heterocycles. The SMILES string of the molecule is C=S(C)(=O)N1CCN(C)CC1. The number of hydrogen-bond acceptors (Lipinski definition) is 2. The van der Waals surface area contributed by atoms with E-state index >= 15 is 0 Å². The van der Waals surface area contributed by atoms with E-state index in [0.29, 0.717) is 0 Å². The van der Waals surface area contributed by atoms with Gasteiger partial charge in [-0.05, 0) is 12.9 Å². The van der Waals surface area contributed by atoms with Gasteiger partial charge in [0.1, 0.15) is 0 Å². The fourth-order valence-corrected chi connectivity index (χ4v) is 2.11. The molecule has 0 bridgehead atoms. The maximum Gasteiger partial charge on any atom is 0.0246 e. The summed E-state index contributed by atoms with van der Waals surface area (Å²) in [7, 11) is 0.139. The van der Waals surface area contributed by atoms with Crippen molar-refractivity contribution in [3.63, 3.8) is 0 Å². The van der Waals surface area contributed by atoms with Crippen LogP contribution in [-0.4, -0.2) is 58.8 Å². The van der Waals surface area contributed by atoms with Crippen molar-refractivity contribution in [2.24, 2.45) is 0 Å².